The maximum Gasteiger partial charge on any atom is 0.329 e. The van der Waals surface area contributed by atoms with E-state index >= 15 is 0 Å². The molecule has 6 radical (unpaired) electrons. The minimum Gasteiger partial charge on any atom is -0.480 e. The van der Waals surface area contributed by atoms with Crippen molar-refractivity contribution in [2.45, 2.75) is 34.8 Å². The molecule has 4 nitrogen and oxygen atoms in total. The Balaban J connectivity index is -0.0000000980. The number of thiol groups is 4. The Morgan fingerprint density at radius 2 is 1.00 bits per heavy atom. The van der Waals surface area contributed by atoms with Crippen LogP contribution in [0.5, 0.6) is 0 Å². The average Bonchev–Trinajstić information content (AvgIpc) is 2.18. The zero-order valence-electron chi connectivity index (χ0n) is 10.1. The van der Waals surface area contributed by atoms with E-state index < -0.39 is 20.1 Å². The number of hydrogen-bond donors (Lipinski definition) is 6. The van der Waals surface area contributed by atoms with Gasteiger partial charge in [0.05, 0.1) is 0 Å². The highest BCUT2D eigenvalue weighted by atomic mass is 32.2. The summed E-state index contributed by atoms with van der Waals surface area (Å²) in [6, 6.07) is 0. The first-order valence-electron chi connectivity index (χ1n) is 4.37. The summed E-state index contributed by atoms with van der Waals surface area (Å²) in [5.41, 5.74) is 0. The molecule has 18 heavy (non-hydrogen) atoms. The van der Waals surface area contributed by atoms with Gasteiger partial charge in [-0.3, -0.25) is 0 Å². The number of carbonyl (C=O) groups is 2. The summed E-state index contributed by atoms with van der Waals surface area (Å²) in [5, 5.41) is 16.6. The van der Waals surface area contributed by atoms with Crippen molar-refractivity contribution >= 4 is 79.3 Å². The molecule has 10 heteroatoms. The van der Waals surface area contributed by atoms with Gasteiger partial charge in [0.15, 0.2) is 8.16 Å². The normalized spacial score (nSPS) is 10.1. The van der Waals surface area contributed by atoms with Gasteiger partial charge in [0, 0.05) is 16.8 Å². The summed E-state index contributed by atoms with van der Waals surface area (Å²) in [6.07, 6.45) is 0.823. The molecule has 0 amide bonds. The van der Waals surface area contributed by atoms with Gasteiger partial charge in [0.2, 0.25) is 0 Å². The number of carboxylic acids is 2. The van der Waals surface area contributed by atoms with Crippen molar-refractivity contribution in [3.8, 4) is 0 Å². The van der Waals surface area contributed by atoms with Crippen molar-refractivity contribution < 1.29 is 19.8 Å². The molecule has 0 aromatic carbocycles. The Labute approximate surface area is 133 Å². The fourth-order valence-corrected chi connectivity index (χ4v) is 0.302. The second-order valence-electron chi connectivity index (χ2n) is 2.95. The van der Waals surface area contributed by atoms with Crippen LogP contribution in [0.25, 0.3) is 0 Å². The maximum absolute atomic E-state index is 10.1. The van der Waals surface area contributed by atoms with Crippen LogP contribution in [0.15, 0.2) is 0 Å². The Hall–Kier alpha value is 0.470. The Morgan fingerprint density at radius 1 is 0.833 bits per heavy atom. The van der Waals surface area contributed by atoms with E-state index in [9.17, 15) is 9.59 Å². The van der Waals surface area contributed by atoms with Crippen molar-refractivity contribution in [1.82, 2.24) is 0 Å². The van der Waals surface area contributed by atoms with Gasteiger partial charge in [-0.05, 0) is 12.8 Å². The van der Waals surface area contributed by atoms with Crippen LogP contribution in [0, 0.1) is 0 Å². The van der Waals surface area contributed by atoms with Gasteiger partial charge in [-0.1, -0.05) is 13.8 Å². The largest absolute Gasteiger partial charge is 0.480 e. The molecule has 2 N–H and O–H groups in total. The third-order valence-electron chi connectivity index (χ3n) is 1.67. The molecule has 0 bridgehead atoms. The lowest BCUT2D eigenvalue weighted by Crippen LogP contribution is -2.24. The molecule has 0 aromatic rings. The van der Waals surface area contributed by atoms with Gasteiger partial charge < -0.3 is 10.2 Å². The number of hydrogen-bond acceptors (Lipinski definition) is 6. The van der Waals surface area contributed by atoms with Crippen molar-refractivity contribution in [2.75, 3.05) is 0 Å². The quantitative estimate of drug-likeness (QED) is 0.268. The smallest absolute Gasteiger partial charge is 0.329 e. The lowest BCUT2D eigenvalue weighted by Gasteiger charge is -2.12. The molecule has 102 valence electrons. The second-order valence-corrected chi connectivity index (χ2v) is 6.71. The standard InChI is InChI=1S/2C4H8O2S2.2B/c2*1-2-4(7,8)3(5)6;;/h2*7-8H,2H2,1H3,(H,5,6);;. The Kier molecular flexibility index (Phi) is 16.9. The average molecular weight is 326 g/mol. The maximum atomic E-state index is 10.1. The van der Waals surface area contributed by atoms with Crippen LogP contribution in [0.1, 0.15) is 26.7 Å². The van der Waals surface area contributed by atoms with Crippen molar-refractivity contribution in [2.24, 2.45) is 0 Å². The van der Waals surface area contributed by atoms with E-state index in [1.165, 1.54) is 0 Å². The van der Waals surface area contributed by atoms with Gasteiger partial charge in [0.1, 0.15) is 0 Å². The van der Waals surface area contributed by atoms with Gasteiger partial charge in [0.25, 0.3) is 0 Å². The summed E-state index contributed by atoms with van der Waals surface area (Å²) in [6.45, 7) is 3.43. The summed E-state index contributed by atoms with van der Waals surface area (Å²) in [4.78, 5) is 20.2. The van der Waals surface area contributed by atoms with Gasteiger partial charge in [-0.2, -0.15) is 50.5 Å². The molecule has 0 aromatic heterocycles. The van der Waals surface area contributed by atoms with E-state index in [2.05, 4.69) is 50.5 Å². The highest BCUT2D eigenvalue weighted by molar-refractivity contribution is 8.02. The first kappa shape index (κ1) is 26.9. The molecule has 0 aliphatic rings. The molecule has 0 saturated carbocycles. The van der Waals surface area contributed by atoms with Crippen LogP contribution in [0.4, 0.5) is 0 Å². The molecule has 0 aliphatic heterocycles. The van der Waals surface area contributed by atoms with Crippen LogP contribution in [0.3, 0.4) is 0 Å². The molecule has 0 fully saturated rings. The fourth-order valence-electron chi connectivity index (χ4n) is 0.302. The van der Waals surface area contributed by atoms with Gasteiger partial charge >= 0.3 is 11.9 Å². The molecule has 0 heterocycles. The summed E-state index contributed by atoms with van der Waals surface area (Å²) < 4.78 is -2.31. The van der Waals surface area contributed by atoms with E-state index in [-0.39, 0.29) is 16.8 Å². The van der Waals surface area contributed by atoms with E-state index in [0.29, 0.717) is 12.8 Å². The van der Waals surface area contributed by atoms with Crippen LogP contribution < -0.4 is 0 Å². The predicted molar refractivity (Wildman–Crippen MR) is 88.8 cm³/mol. The zero-order chi connectivity index (χ0) is 13.6. The monoisotopic (exact) mass is 326 g/mol. The number of rotatable bonds is 4. The molecule has 0 atom stereocenters. The van der Waals surface area contributed by atoms with E-state index in [4.69, 9.17) is 10.2 Å². The lowest BCUT2D eigenvalue weighted by molar-refractivity contribution is -0.138. The minimum absolute atomic E-state index is 0. The van der Waals surface area contributed by atoms with Crippen LogP contribution in [-0.2, 0) is 9.59 Å². The van der Waals surface area contributed by atoms with Gasteiger partial charge in [-0.15, -0.1) is 0 Å². The van der Waals surface area contributed by atoms with E-state index in [0.717, 1.165) is 0 Å². The fraction of sp³-hybridized carbons (Fsp3) is 0.750. The number of carboxylic acid groups (broad SMARTS) is 2. The SMILES string of the molecule is CCC(S)(S)C(=O)O.CCC(S)(S)C(=O)O.[B].[B]. The summed E-state index contributed by atoms with van der Waals surface area (Å²) in [5.74, 6) is -1.99. The van der Waals surface area contributed by atoms with E-state index in [1.54, 1.807) is 13.8 Å². The molecular weight excluding hydrogens is 310 g/mol. The van der Waals surface area contributed by atoms with Crippen LogP contribution in [0.2, 0.25) is 0 Å². The van der Waals surface area contributed by atoms with Gasteiger partial charge in [-0.25, -0.2) is 9.59 Å². The minimum atomic E-state index is -1.15. The molecule has 0 spiro atoms. The van der Waals surface area contributed by atoms with Crippen LogP contribution >= 0.6 is 50.5 Å². The van der Waals surface area contributed by atoms with Crippen molar-refractivity contribution in [3.05, 3.63) is 0 Å². The number of aliphatic carboxylic acids is 2. The molecule has 0 unspecified atom stereocenters. The predicted octanol–water partition coefficient (Wildman–Crippen LogP) is 1.31. The van der Waals surface area contributed by atoms with E-state index in [1.807, 2.05) is 0 Å². The molecular formula is C8H16B2O4S4. The zero-order valence-corrected chi connectivity index (χ0v) is 13.6. The highest BCUT2D eigenvalue weighted by Gasteiger charge is 2.27. The second kappa shape index (κ2) is 11.3. The molecule has 0 saturated heterocycles. The third-order valence-corrected chi connectivity index (χ3v) is 3.70. The lowest BCUT2D eigenvalue weighted by atomic mass is 10.3. The topological polar surface area (TPSA) is 74.6 Å². The summed E-state index contributed by atoms with van der Waals surface area (Å²) in [7, 11) is 0. The first-order valence-corrected chi connectivity index (χ1v) is 6.16. The van der Waals surface area contributed by atoms with Crippen molar-refractivity contribution in [1.29, 1.82) is 0 Å². The Morgan fingerprint density at radius 3 is 1.00 bits per heavy atom. The molecule has 0 aliphatic carbocycles. The Bertz CT molecular complexity index is 235. The molecule has 0 rings (SSSR count). The third kappa shape index (κ3) is 11.6. The van der Waals surface area contributed by atoms with Crippen LogP contribution in [-0.4, -0.2) is 47.1 Å². The van der Waals surface area contributed by atoms with Crippen molar-refractivity contribution in [3.63, 3.8) is 0 Å². The summed E-state index contributed by atoms with van der Waals surface area (Å²) >= 11 is 15.0. The first-order chi connectivity index (χ1) is 7.01. The highest BCUT2D eigenvalue weighted by Crippen LogP contribution is 2.23.